The zero-order chi connectivity index (χ0) is 21.2. The molecule has 0 aliphatic rings. The number of guanidine groups is 1. The van der Waals surface area contributed by atoms with Crippen LogP contribution in [0.5, 0.6) is 0 Å². The predicted molar refractivity (Wildman–Crippen MR) is 120 cm³/mol. The van der Waals surface area contributed by atoms with Gasteiger partial charge < -0.3 is 20.4 Å². The first-order valence-corrected chi connectivity index (χ1v) is 9.86. The van der Waals surface area contributed by atoms with Crippen LogP contribution in [0.3, 0.4) is 0 Å². The minimum Gasteiger partial charge on any atom is -0.355 e. The standard InChI is InChI=1S/C23H33N5O/c1-24-23(25-16-19-11-13-20(14-12-19)22(29)28(4)5)26-17-21(27(2)3)15-18-9-7-6-8-10-18/h6-14,21H,15-17H2,1-5H3,(H2,24,25,26). The molecule has 6 heteroatoms. The third-order valence-corrected chi connectivity index (χ3v) is 4.84. The van der Waals surface area contributed by atoms with Gasteiger partial charge in [0.15, 0.2) is 5.96 Å². The maximum atomic E-state index is 12.0. The van der Waals surface area contributed by atoms with Gasteiger partial charge in [-0.2, -0.15) is 0 Å². The maximum absolute atomic E-state index is 12.0. The van der Waals surface area contributed by atoms with Crippen molar-refractivity contribution >= 4 is 11.9 Å². The molecular formula is C23H33N5O. The van der Waals surface area contributed by atoms with Crippen LogP contribution < -0.4 is 10.6 Å². The number of nitrogens with one attached hydrogen (secondary N) is 2. The number of aliphatic imine (C=N–C) groups is 1. The van der Waals surface area contributed by atoms with E-state index in [0.717, 1.165) is 24.5 Å². The summed E-state index contributed by atoms with van der Waals surface area (Å²) in [5.74, 6) is 0.772. The molecule has 0 saturated heterocycles. The van der Waals surface area contributed by atoms with Gasteiger partial charge in [0.1, 0.15) is 0 Å². The van der Waals surface area contributed by atoms with E-state index in [2.05, 4.69) is 58.9 Å². The van der Waals surface area contributed by atoms with Crippen LogP contribution in [-0.4, -0.2) is 69.5 Å². The van der Waals surface area contributed by atoms with Crippen LogP contribution in [0.1, 0.15) is 21.5 Å². The van der Waals surface area contributed by atoms with Crippen molar-refractivity contribution in [2.75, 3.05) is 41.8 Å². The van der Waals surface area contributed by atoms with Gasteiger partial charge in [0, 0.05) is 45.8 Å². The van der Waals surface area contributed by atoms with E-state index in [9.17, 15) is 4.79 Å². The lowest BCUT2D eigenvalue weighted by Gasteiger charge is -2.25. The predicted octanol–water partition coefficient (Wildman–Crippen LogP) is 2.23. The number of carbonyl (C=O) groups excluding carboxylic acids is 1. The van der Waals surface area contributed by atoms with Crippen molar-refractivity contribution in [3.8, 4) is 0 Å². The summed E-state index contributed by atoms with van der Waals surface area (Å²) in [5, 5.41) is 6.76. The van der Waals surface area contributed by atoms with E-state index in [1.165, 1.54) is 5.56 Å². The second kappa shape index (κ2) is 11.2. The van der Waals surface area contributed by atoms with Crippen LogP contribution >= 0.6 is 0 Å². The molecule has 1 amide bonds. The van der Waals surface area contributed by atoms with E-state index in [4.69, 9.17) is 0 Å². The number of likely N-dealkylation sites (N-methyl/N-ethyl adjacent to an activating group) is 1. The van der Waals surface area contributed by atoms with Crippen LogP contribution in [0, 0.1) is 0 Å². The summed E-state index contributed by atoms with van der Waals surface area (Å²) in [5.41, 5.74) is 3.11. The average Bonchev–Trinajstić information content (AvgIpc) is 2.73. The van der Waals surface area contributed by atoms with Crippen molar-refractivity contribution in [3.05, 3.63) is 71.3 Å². The molecule has 0 radical (unpaired) electrons. The highest BCUT2D eigenvalue weighted by molar-refractivity contribution is 5.93. The Morgan fingerprint density at radius 2 is 1.59 bits per heavy atom. The van der Waals surface area contributed by atoms with E-state index in [1.807, 2.05) is 30.3 Å². The third-order valence-electron chi connectivity index (χ3n) is 4.84. The Labute approximate surface area is 174 Å². The normalized spacial score (nSPS) is 12.6. The number of carbonyl (C=O) groups is 1. The third kappa shape index (κ3) is 7.23. The van der Waals surface area contributed by atoms with Crippen LogP contribution in [0.15, 0.2) is 59.6 Å². The molecule has 0 aliphatic carbocycles. The summed E-state index contributed by atoms with van der Waals surface area (Å²) in [6.45, 7) is 1.43. The first-order valence-electron chi connectivity index (χ1n) is 9.86. The van der Waals surface area contributed by atoms with Gasteiger partial charge in [-0.3, -0.25) is 9.79 Å². The molecule has 2 aromatic carbocycles. The van der Waals surface area contributed by atoms with Crippen molar-refractivity contribution < 1.29 is 4.79 Å². The molecule has 0 aliphatic heterocycles. The SMILES string of the molecule is CN=C(NCc1ccc(C(=O)N(C)C)cc1)NCC(Cc1ccccc1)N(C)C. The lowest BCUT2D eigenvalue weighted by Crippen LogP contribution is -2.45. The van der Waals surface area contributed by atoms with Crippen LogP contribution in [-0.2, 0) is 13.0 Å². The quantitative estimate of drug-likeness (QED) is 0.532. The molecular weight excluding hydrogens is 362 g/mol. The average molecular weight is 396 g/mol. The van der Waals surface area contributed by atoms with E-state index in [0.29, 0.717) is 18.2 Å². The zero-order valence-electron chi connectivity index (χ0n) is 18.1. The van der Waals surface area contributed by atoms with Gasteiger partial charge in [0.25, 0.3) is 5.91 Å². The first-order chi connectivity index (χ1) is 13.9. The second-order valence-corrected chi connectivity index (χ2v) is 7.51. The smallest absolute Gasteiger partial charge is 0.253 e. The molecule has 1 unspecified atom stereocenters. The molecule has 0 spiro atoms. The van der Waals surface area contributed by atoms with E-state index >= 15 is 0 Å². The molecule has 2 rings (SSSR count). The summed E-state index contributed by atoms with van der Waals surface area (Å²) in [6.07, 6.45) is 0.971. The molecule has 0 aromatic heterocycles. The summed E-state index contributed by atoms with van der Waals surface area (Å²) in [7, 11) is 9.48. The van der Waals surface area contributed by atoms with Gasteiger partial charge in [0.2, 0.25) is 0 Å². The highest BCUT2D eigenvalue weighted by Gasteiger charge is 2.13. The minimum atomic E-state index is 0.00938. The lowest BCUT2D eigenvalue weighted by atomic mass is 10.1. The molecule has 2 aromatic rings. The number of benzene rings is 2. The van der Waals surface area contributed by atoms with Gasteiger partial charge in [-0.05, 0) is 43.8 Å². The lowest BCUT2D eigenvalue weighted by molar-refractivity contribution is 0.0827. The van der Waals surface area contributed by atoms with Crippen molar-refractivity contribution in [1.29, 1.82) is 0 Å². The fraction of sp³-hybridized carbons (Fsp3) is 0.391. The summed E-state index contributed by atoms with van der Waals surface area (Å²) in [6, 6.07) is 18.5. The highest BCUT2D eigenvalue weighted by atomic mass is 16.2. The molecule has 29 heavy (non-hydrogen) atoms. The summed E-state index contributed by atoms with van der Waals surface area (Å²) in [4.78, 5) is 20.1. The number of rotatable bonds is 8. The zero-order valence-corrected chi connectivity index (χ0v) is 18.1. The Kier molecular flexibility index (Phi) is 8.68. The fourth-order valence-corrected chi connectivity index (χ4v) is 2.97. The second-order valence-electron chi connectivity index (χ2n) is 7.51. The van der Waals surface area contributed by atoms with Gasteiger partial charge in [-0.15, -0.1) is 0 Å². The molecule has 0 bridgehead atoms. The number of amides is 1. The molecule has 156 valence electrons. The number of nitrogens with zero attached hydrogens (tertiary/aromatic N) is 3. The van der Waals surface area contributed by atoms with Gasteiger partial charge in [-0.25, -0.2) is 0 Å². The Hall–Kier alpha value is -2.86. The molecule has 0 saturated carbocycles. The van der Waals surface area contributed by atoms with E-state index in [1.54, 1.807) is 26.0 Å². The monoisotopic (exact) mass is 395 g/mol. The van der Waals surface area contributed by atoms with Crippen LogP contribution in [0.25, 0.3) is 0 Å². The van der Waals surface area contributed by atoms with Crippen molar-refractivity contribution in [1.82, 2.24) is 20.4 Å². The van der Waals surface area contributed by atoms with Crippen LogP contribution in [0.4, 0.5) is 0 Å². The molecule has 0 heterocycles. The maximum Gasteiger partial charge on any atom is 0.253 e. The summed E-state index contributed by atoms with van der Waals surface area (Å²) >= 11 is 0. The van der Waals surface area contributed by atoms with Crippen molar-refractivity contribution in [2.45, 2.75) is 19.0 Å². The van der Waals surface area contributed by atoms with Gasteiger partial charge >= 0.3 is 0 Å². The Morgan fingerprint density at radius 3 is 2.14 bits per heavy atom. The molecule has 0 fully saturated rings. The highest BCUT2D eigenvalue weighted by Crippen LogP contribution is 2.07. The fourth-order valence-electron chi connectivity index (χ4n) is 2.97. The molecule has 6 nitrogen and oxygen atoms in total. The van der Waals surface area contributed by atoms with Crippen molar-refractivity contribution in [2.24, 2.45) is 4.99 Å². The molecule has 1 atom stereocenters. The van der Waals surface area contributed by atoms with Crippen LogP contribution in [0.2, 0.25) is 0 Å². The Balaban J connectivity index is 1.87. The summed E-state index contributed by atoms with van der Waals surface area (Å²) < 4.78 is 0. The number of hydrogen-bond donors (Lipinski definition) is 2. The Bertz CT molecular complexity index is 785. The van der Waals surface area contributed by atoms with Gasteiger partial charge in [0.05, 0.1) is 0 Å². The molecule has 2 N–H and O–H groups in total. The van der Waals surface area contributed by atoms with Gasteiger partial charge in [-0.1, -0.05) is 42.5 Å². The number of hydrogen-bond acceptors (Lipinski definition) is 3. The topological polar surface area (TPSA) is 60.0 Å². The first kappa shape index (κ1) is 22.4. The Morgan fingerprint density at radius 1 is 0.931 bits per heavy atom. The minimum absolute atomic E-state index is 0.00938. The van der Waals surface area contributed by atoms with Crippen molar-refractivity contribution in [3.63, 3.8) is 0 Å². The van der Waals surface area contributed by atoms with E-state index < -0.39 is 0 Å². The largest absolute Gasteiger partial charge is 0.355 e. The van der Waals surface area contributed by atoms with E-state index in [-0.39, 0.29) is 5.91 Å².